The third-order valence-corrected chi connectivity index (χ3v) is 3.63. The number of hydrogen-bond acceptors (Lipinski definition) is 2. The van der Waals surface area contributed by atoms with Gasteiger partial charge < -0.3 is 15.3 Å². The maximum atomic E-state index is 11.9. The molecule has 3 aromatic rings. The Kier molecular flexibility index (Phi) is 3.50. The van der Waals surface area contributed by atoms with Crippen LogP contribution in [0.5, 0.6) is 0 Å². The van der Waals surface area contributed by atoms with Gasteiger partial charge in [-0.05, 0) is 30.3 Å². The lowest BCUT2D eigenvalue weighted by atomic mass is 10.2. The second-order valence-corrected chi connectivity index (χ2v) is 5.54. The predicted molar refractivity (Wildman–Crippen MR) is 82.7 cm³/mol. The number of nitrogens with zero attached hydrogens (tertiary/aromatic N) is 1. The van der Waals surface area contributed by atoms with Crippen molar-refractivity contribution in [2.75, 3.05) is 0 Å². The van der Waals surface area contributed by atoms with Crippen molar-refractivity contribution in [2.45, 2.75) is 6.54 Å². The van der Waals surface area contributed by atoms with E-state index in [2.05, 4.69) is 31.2 Å². The van der Waals surface area contributed by atoms with E-state index in [1.807, 2.05) is 30.3 Å². The Labute approximate surface area is 129 Å². The van der Waals surface area contributed by atoms with Gasteiger partial charge in [-0.2, -0.15) is 5.26 Å². The van der Waals surface area contributed by atoms with Gasteiger partial charge in [0.25, 0.3) is 5.91 Å². The van der Waals surface area contributed by atoms with E-state index in [1.54, 1.807) is 0 Å². The minimum absolute atomic E-state index is 0.240. The maximum absolute atomic E-state index is 11.9. The highest BCUT2D eigenvalue weighted by atomic mass is 79.9. The van der Waals surface area contributed by atoms with E-state index < -0.39 is 0 Å². The molecule has 0 aliphatic heterocycles. The quantitative estimate of drug-likeness (QED) is 0.683. The van der Waals surface area contributed by atoms with Gasteiger partial charge in [-0.15, -0.1) is 0 Å². The molecule has 5 nitrogen and oxygen atoms in total. The van der Waals surface area contributed by atoms with Crippen molar-refractivity contribution in [2.24, 2.45) is 0 Å². The van der Waals surface area contributed by atoms with Crippen LogP contribution in [0, 0.1) is 11.3 Å². The van der Waals surface area contributed by atoms with E-state index >= 15 is 0 Å². The average molecular weight is 343 g/mol. The largest absolute Gasteiger partial charge is 0.357 e. The first-order valence-corrected chi connectivity index (χ1v) is 7.09. The first-order valence-electron chi connectivity index (χ1n) is 6.29. The van der Waals surface area contributed by atoms with Crippen LogP contribution in [0.4, 0.5) is 0 Å². The van der Waals surface area contributed by atoms with Crippen LogP contribution in [0.25, 0.3) is 10.9 Å². The molecule has 0 unspecified atom stereocenters. The van der Waals surface area contributed by atoms with Crippen molar-refractivity contribution < 1.29 is 4.79 Å². The second-order valence-electron chi connectivity index (χ2n) is 4.62. The summed E-state index contributed by atoms with van der Waals surface area (Å²) >= 11 is 3.43. The SMILES string of the molecule is N#Cc1c[nH]c(C(=O)NCc2cc3cc(Br)ccc3[nH]2)c1. The zero-order chi connectivity index (χ0) is 14.8. The normalized spacial score (nSPS) is 10.5. The van der Waals surface area contributed by atoms with Crippen LogP contribution in [0.2, 0.25) is 0 Å². The minimum atomic E-state index is -0.240. The van der Waals surface area contributed by atoms with Crippen molar-refractivity contribution in [3.8, 4) is 6.07 Å². The number of nitrogens with one attached hydrogen (secondary N) is 3. The number of halogens is 1. The minimum Gasteiger partial charge on any atom is -0.357 e. The Morgan fingerprint density at radius 1 is 1.33 bits per heavy atom. The molecule has 6 heteroatoms. The number of fused-ring (bicyclic) bond motifs is 1. The molecule has 0 saturated carbocycles. The summed E-state index contributed by atoms with van der Waals surface area (Å²) in [6.45, 7) is 0.395. The standard InChI is InChI=1S/C15H11BrN4O/c16-11-1-2-13-10(4-11)5-12(20-13)8-19-15(21)14-3-9(6-17)7-18-14/h1-5,7,18,20H,8H2,(H,19,21). The Morgan fingerprint density at radius 3 is 2.95 bits per heavy atom. The molecule has 2 heterocycles. The highest BCUT2D eigenvalue weighted by Crippen LogP contribution is 2.20. The number of carbonyl (C=O) groups is 1. The zero-order valence-corrected chi connectivity index (χ0v) is 12.5. The van der Waals surface area contributed by atoms with Gasteiger partial charge in [0, 0.05) is 27.3 Å². The summed E-state index contributed by atoms with van der Waals surface area (Å²) in [5, 5.41) is 12.6. The van der Waals surface area contributed by atoms with E-state index in [4.69, 9.17) is 5.26 Å². The van der Waals surface area contributed by atoms with Gasteiger partial charge in [-0.3, -0.25) is 4.79 Å². The molecule has 0 atom stereocenters. The molecule has 0 bridgehead atoms. The summed E-state index contributed by atoms with van der Waals surface area (Å²) < 4.78 is 1.01. The molecule has 3 N–H and O–H groups in total. The number of H-pyrrole nitrogens is 2. The molecule has 0 radical (unpaired) electrons. The highest BCUT2D eigenvalue weighted by molar-refractivity contribution is 9.10. The zero-order valence-electron chi connectivity index (χ0n) is 10.9. The van der Waals surface area contributed by atoms with E-state index in [1.165, 1.54) is 12.3 Å². The lowest BCUT2D eigenvalue weighted by Crippen LogP contribution is -2.23. The van der Waals surface area contributed by atoms with Crippen LogP contribution in [0.1, 0.15) is 21.7 Å². The molecule has 104 valence electrons. The molecule has 0 spiro atoms. The molecule has 1 amide bonds. The fourth-order valence-electron chi connectivity index (χ4n) is 2.12. The number of amides is 1. The number of carbonyl (C=O) groups excluding carboxylic acids is 1. The summed E-state index contributed by atoms with van der Waals surface area (Å²) in [6, 6.07) is 11.5. The first kappa shape index (κ1) is 13.5. The third-order valence-electron chi connectivity index (χ3n) is 3.13. The lowest BCUT2D eigenvalue weighted by molar-refractivity contribution is 0.0946. The Morgan fingerprint density at radius 2 is 2.19 bits per heavy atom. The third kappa shape index (κ3) is 2.83. The summed E-state index contributed by atoms with van der Waals surface area (Å²) in [6.07, 6.45) is 1.51. The van der Waals surface area contributed by atoms with Gasteiger partial charge in [0.2, 0.25) is 0 Å². The van der Waals surface area contributed by atoms with Gasteiger partial charge in [0.05, 0.1) is 12.1 Å². The van der Waals surface area contributed by atoms with Crippen molar-refractivity contribution in [3.05, 3.63) is 58.0 Å². The molecule has 0 saturated heterocycles. The van der Waals surface area contributed by atoms with Crippen molar-refractivity contribution >= 4 is 32.7 Å². The number of benzene rings is 1. The second kappa shape index (κ2) is 5.46. The van der Waals surface area contributed by atoms with Gasteiger partial charge in [0.1, 0.15) is 11.8 Å². The molecule has 1 aromatic carbocycles. The maximum Gasteiger partial charge on any atom is 0.268 e. The monoisotopic (exact) mass is 342 g/mol. The highest BCUT2D eigenvalue weighted by Gasteiger charge is 2.09. The fraction of sp³-hybridized carbons (Fsp3) is 0.0667. The molecule has 0 fully saturated rings. The number of aromatic nitrogens is 2. The Hall–Kier alpha value is -2.52. The van der Waals surface area contributed by atoms with Crippen LogP contribution in [-0.2, 0) is 6.54 Å². The molecule has 0 aliphatic carbocycles. The summed E-state index contributed by atoms with van der Waals surface area (Å²) in [5.41, 5.74) is 2.76. The van der Waals surface area contributed by atoms with Crippen LogP contribution >= 0.6 is 15.9 Å². The number of rotatable bonds is 3. The summed E-state index contributed by atoms with van der Waals surface area (Å²) in [5.74, 6) is -0.240. The van der Waals surface area contributed by atoms with Crippen molar-refractivity contribution in [3.63, 3.8) is 0 Å². The molecular weight excluding hydrogens is 332 g/mol. The van der Waals surface area contributed by atoms with Crippen LogP contribution in [0.3, 0.4) is 0 Å². The van der Waals surface area contributed by atoms with Crippen molar-refractivity contribution in [1.29, 1.82) is 5.26 Å². The van der Waals surface area contributed by atoms with E-state index in [-0.39, 0.29) is 5.91 Å². The Balaban J connectivity index is 1.71. The summed E-state index contributed by atoms with van der Waals surface area (Å²) in [4.78, 5) is 18.0. The topological polar surface area (TPSA) is 84.5 Å². The first-order chi connectivity index (χ1) is 10.2. The van der Waals surface area contributed by atoms with E-state index in [9.17, 15) is 4.79 Å². The molecular formula is C15H11BrN4O. The van der Waals surface area contributed by atoms with Gasteiger partial charge >= 0.3 is 0 Å². The molecule has 2 aromatic heterocycles. The van der Waals surface area contributed by atoms with E-state index in [0.717, 1.165) is 21.1 Å². The predicted octanol–water partition coefficient (Wildman–Crippen LogP) is 3.06. The smallest absolute Gasteiger partial charge is 0.268 e. The fourth-order valence-corrected chi connectivity index (χ4v) is 2.50. The van der Waals surface area contributed by atoms with E-state index in [0.29, 0.717) is 17.8 Å². The van der Waals surface area contributed by atoms with Gasteiger partial charge in [-0.25, -0.2) is 0 Å². The van der Waals surface area contributed by atoms with Gasteiger partial charge in [0.15, 0.2) is 0 Å². The molecule has 21 heavy (non-hydrogen) atoms. The number of nitriles is 1. The molecule has 3 rings (SSSR count). The van der Waals surface area contributed by atoms with Crippen LogP contribution < -0.4 is 5.32 Å². The molecule has 0 aliphatic rings. The van der Waals surface area contributed by atoms with Crippen LogP contribution in [0.15, 0.2) is 41.0 Å². The average Bonchev–Trinajstić information content (AvgIpc) is 3.10. The summed E-state index contributed by atoms with van der Waals surface area (Å²) in [7, 11) is 0. The lowest BCUT2D eigenvalue weighted by Gasteiger charge is -2.01. The van der Waals surface area contributed by atoms with Crippen LogP contribution in [-0.4, -0.2) is 15.9 Å². The van der Waals surface area contributed by atoms with Crippen molar-refractivity contribution in [1.82, 2.24) is 15.3 Å². The Bertz CT molecular complexity index is 856. The van der Waals surface area contributed by atoms with Gasteiger partial charge in [-0.1, -0.05) is 15.9 Å². The number of aromatic amines is 2. The number of hydrogen-bond donors (Lipinski definition) is 3.